The number of cyclic esters (lactones) is 1. The van der Waals surface area contributed by atoms with Crippen molar-refractivity contribution < 1.29 is 19.0 Å². The second-order valence-electron chi connectivity index (χ2n) is 7.19. The molecule has 6 heteroatoms. The van der Waals surface area contributed by atoms with Gasteiger partial charge in [0.1, 0.15) is 6.61 Å². The summed E-state index contributed by atoms with van der Waals surface area (Å²) in [6, 6.07) is 21.3. The summed E-state index contributed by atoms with van der Waals surface area (Å²) in [7, 11) is 0. The lowest BCUT2D eigenvalue weighted by Crippen LogP contribution is -2.06. The van der Waals surface area contributed by atoms with Gasteiger partial charge in [-0.2, -0.15) is 0 Å². The SMILES string of the molecule is CCOc1cc(/C=C2\N=C(c3ccccc3C)OC2=O)cc(Br)c1OCc1ccccc1. The molecule has 0 saturated carbocycles. The summed E-state index contributed by atoms with van der Waals surface area (Å²) in [6.45, 7) is 4.75. The van der Waals surface area contributed by atoms with E-state index in [-0.39, 0.29) is 5.70 Å². The molecule has 0 unspecified atom stereocenters. The van der Waals surface area contributed by atoms with Crippen molar-refractivity contribution in [1.29, 1.82) is 0 Å². The van der Waals surface area contributed by atoms with Crippen LogP contribution >= 0.6 is 15.9 Å². The van der Waals surface area contributed by atoms with Gasteiger partial charge in [0.25, 0.3) is 0 Å². The van der Waals surface area contributed by atoms with Crippen LogP contribution in [-0.2, 0) is 16.1 Å². The average molecular weight is 492 g/mol. The summed E-state index contributed by atoms with van der Waals surface area (Å²) in [6.07, 6.45) is 1.68. The molecule has 0 amide bonds. The number of carbonyl (C=O) groups is 1. The van der Waals surface area contributed by atoms with Gasteiger partial charge in [0.05, 0.1) is 11.1 Å². The topological polar surface area (TPSA) is 57.1 Å². The molecule has 0 aliphatic carbocycles. The number of ether oxygens (including phenoxy) is 3. The molecule has 0 aromatic heterocycles. The van der Waals surface area contributed by atoms with E-state index >= 15 is 0 Å². The first kappa shape index (κ1) is 21.8. The van der Waals surface area contributed by atoms with Crippen molar-refractivity contribution in [2.24, 2.45) is 4.99 Å². The molecule has 0 bridgehead atoms. The summed E-state index contributed by atoms with van der Waals surface area (Å²) in [4.78, 5) is 16.8. The van der Waals surface area contributed by atoms with Gasteiger partial charge in [-0.1, -0.05) is 48.5 Å². The Bertz CT molecular complexity index is 1200. The quantitative estimate of drug-likeness (QED) is 0.296. The molecule has 1 heterocycles. The average Bonchev–Trinajstić information content (AvgIpc) is 3.14. The predicted molar refractivity (Wildman–Crippen MR) is 128 cm³/mol. The minimum Gasteiger partial charge on any atom is -0.490 e. The van der Waals surface area contributed by atoms with Crippen molar-refractivity contribution in [1.82, 2.24) is 0 Å². The van der Waals surface area contributed by atoms with E-state index in [0.717, 1.165) is 26.7 Å². The van der Waals surface area contributed by atoms with Crippen LogP contribution in [0.5, 0.6) is 11.5 Å². The normalized spacial score (nSPS) is 14.3. The van der Waals surface area contributed by atoms with Gasteiger partial charge in [-0.25, -0.2) is 9.79 Å². The largest absolute Gasteiger partial charge is 0.490 e. The van der Waals surface area contributed by atoms with Gasteiger partial charge in [0.15, 0.2) is 17.2 Å². The zero-order valence-corrected chi connectivity index (χ0v) is 19.4. The molecule has 4 rings (SSSR count). The van der Waals surface area contributed by atoms with E-state index in [1.807, 2.05) is 80.6 Å². The second-order valence-corrected chi connectivity index (χ2v) is 8.04. The van der Waals surface area contributed by atoms with Crippen molar-refractivity contribution in [3.63, 3.8) is 0 Å². The maximum Gasteiger partial charge on any atom is 0.363 e. The molecule has 0 fully saturated rings. The van der Waals surface area contributed by atoms with Crippen LogP contribution in [0.15, 0.2) is 81.9 Å². The maximum atomic E-state index is 12.4. The molecule has 0 radical (unpaired) electrons. The number of esters is 1. The molecule has 0 spiro atoms. The third kappa shape index (κ3) is 4.92. The number of nitrogens with zero attached hydrogens (tertiary/aromatic N) is 1. The van der Waals surface area contributed by atoms with E-state index in [1.54, 1.807) is 6.08 Å². The number of carbonyl (C=O) groups excluding carboxylic acids is 1. The number of aliphatic imine (C=N–C) groups is 1. The second kappa shape index (κ2) is 9.83. The summed E-state index contributed by atoms with van der Waals surface area (Å²) in [5.41, 5.74) is 3.82. The monoisotopic (exact) mass is 491 g/mol. The molecule has 1 aliphatic rings. The van der Waals surface area contributed by atoms with Crippen LogP contribution in [0.3, 0.4) is 0 Å². The number of benzene rings is 3. The summed E-state index contributed by atoms with van der Waals surface area (Å²) in [5, 5.41) is 0. The molecule has 3 aromatic rings. The summed E-state index contributed by atoms with van der Waals surface area (Å²) >= 11 is 3.58. The lowest BCUT2D eigenvalue weighted by molar-refractivity contribution is -0.129. The van der Waals surface area contributed by atoms with Crippen LogP contribution in [0.2, 0.25) is 0 Å². The van der Waals surface area contributed by atoms with Crippen LogP contribution < -0.4 is 9.47 Å². The van der Waals surface area contributed by atoms with Crippen molar-refractivity contribution in [3.8, 4) is 11.5 Å². The van der Waals surface area contributed by atoms with Crippen molar-refractivity contribution in [2.75, 3.05) is 6.61 Å². The van der Waals surface area contributed by atoms with Gasteiger partial charge < -0.3 is 14.2 Å². The van der Waals surface area contributed by atoms with E-state index < -0.39 is 5.97 Å². The van der Waals surface area contributed by atoms with E-state index in [9.17, 15) is 4.79 Å². The Morgan fingerprint density at radius 1 is 1.03 bits per heavy atom. The third-order valence-corrected chi connectivity index (χ3v) is 5.45. The molecular weight excluding hydrogens is 470 g/mol. The Morgan fingerprint density at radius 3 is 2.53 bits per heavy atom. The highest BCUT2D eigenvalue weighted by atomic mass is 79.9. The zero-order valence-electron chi connectivity index (χ0n) is 17.8. The number of aryl methyl sites for hydroxylation is 1. The Morgan fingerprint density at radius 2 is 1.78 bits per heavy atom. The van der Waals surface area contributed by atoms with Crippen LogP contribution in [0.25, 0.3) is 6.08 Å². The maximum absolute atomic E-state index is 12.4. The Hall–Kier alpha value is -3.38. The number of hydrogen-bond acceptors (Lipinski definition) is 5. The minimum atomic E-state index is -0.485. The molecule has 32 heavy (non-hydrogen) atoms. The van der Waals surface area contributed by atoms with Gasteiger partial charge in [-0.3, -0.25) is 0 Å². The van der Waals surface area contributed by atoms with Gasteiger partial charge in [0, 0.05) is 5.56 Å². The fraction of sp³-hybridized carbons (Fsp3) is 0.154. The molecule has 0 atom stereocenters. The number of hydrogen-bond donors (Lipinski definition) is 0. The number of rotatable bonds is 7. The highest BCUT2D eigenvalue weighted by Crippen LogP contribution is 2.38. The molecule has 3 aromatic carbocycles. The summed E-state index contributed by atoms with van der Waals surface area (Å²) < 4.78 is 18.0. The fourth-order valence-electron chi connectivity index (χ4n) is 3.30. The van der Waals surface area contributed by atoms with E-state index in [0.29, 0.717) is 30.6 Å². The first-order valence-electron chi connectivity index (χ1n) is 10.3. The molecule has 5 nitrogen and oxygen atoms in total. The Kier molecular flexibility index (Phi) is 6.71. The van der Waals surface area contributed by atoms with Crippen LogP contribution in [-0.4, -0.2) is 18.5 Å². The van der Waals surface area contributed by atoms with Crippen LogP contribution in [0.1, 0.15) is 29.2 Å². The Labute approximate surface area is 195 Å². The summed E-state index contributed by atoms with van der Waals surface area (Å²) in [5.74, 6) is 1.02. The lowest BCUT2D eigenvalue weighted by atomic mass is 10.1. The van der Waals surface area contributed by atoms with E-state index in [1.165, 1.54) is 0 Å². The van der Waals surface area contributed by atoms with E-state index in [4.69, 9.17) is 14.2 Å². The molecule has 1 aliphatic heterocycles. The Balaban J connectivity index is 1.63. The fourth-order valence-corrected chi connectivity index (χ4v) is 3.87. The van der Waals surface area contributed by atoms with Gasteiger partial charge in [0.2, 0.25) is 5.90 Å². The van der Waals surface area contributed by atoms with Gasteiger partial charge in [-0.15, -0.1) is 0 Å². The molecule has 0 N–H and O–H groups in total. The first-order chi connectivity index (χ1) is 15.5. The standard InChI is InChI=1S/C26H22BrNO4/c1-3-30-23-15-19(13-21(27)24(23)31-16-18-10-5-4-6-11-18)14-22-26(29)32-25(28-22)20-12-8-7-9-17(20)2/h4-15H,3,16H2,1-2H3/b22-14-. The smallest absolute Gasteiger partial charge is 0.363 e. The van der Waals surface area contributed by atoms with Gasteiger partial charge in [-0.05, 0) is 70.7 Å². The first-order valence-corrected chi connectivity index (χ1v) is 11.1. The van der Waals surface area contributed by atoms with Gasteiger partial charge >= 0.3 is 5.97 Å². The van der Waals surface area contributed by atoms with Crippen molar-refractivity contribution >= 4 is 33.9 Å². The lowest BCUT2D eigenvalue weighted by Gasteiger charge is -2.15. The van der Waals surface area contributed by atoms with E-state index in [2.05, 4.69) is 20.9 Å². The molecule has 0 saturated heterocycles. The zero-order chi connectivity index (χ0) is 22.5. The molecular formula is C26H22BrNO4. The third-order valence-electron chi connectivity index (χ3n) is 4.86. The predicted octanol–water partition coefficient (Wildman–Crippen LogP) is 6.08. The number of halogens is 1. The van der Waals surface area contributed by atoms with Crippen LogP contribution in [0, 0.1) is 6.92 Å². The van der Waals surface area contributed by atoms with Crippen molar-refractivity contribution in [2.45, 2.75) is 20.5 Å². The highest BCUT2D eigenvalue weighted by Gasteiger charge is 2.25. The molecule has 162 valence electrons. The minimum absolute atomic E-state index is 0.232. The van der Waals surface area contributed by atoms with Crippen molar-refractivity contribution in [3.05, 3.63) is 99.2 Å². The highest BCUT2D eigenvalue weighted by molar-refractivity contribution is 9.10. The van der Waals surface area contributed by atoms with Crippen LogP contribution in [0.4, 0.5) is 0 Å².